The topological polar surface area (TPSA) is 24.1 Å². The maximum Gasteiger partial charge on any atom is 0.0359 e. The average Bonchev–Trinajstić information content (AvgIpc) is 2.44. The third kappa shape index (κ3) is 4.51. The lowest BCUT2D eigenvalue weighted by Gasteiger charge is -2.05. The molecule has 2 nitrogen and oxygen atoms in total. The summed E-state index contributed by atoms with van der Waals surface area (Å²) >= 11 is 11.0. The van der Waals surface area contributed by atoms with Crippen molar-refractivity contribution in [2.24, 2.45) is 0 Å². The zero-order chi connectivity index (χ0) is 13.5. The summed E-state index contributed by atoms with van der Waals surface area (Å²) in [5, 5.41) is 0. The van der Waals surface area contributed by atoms with Crippen LogP contribution in [0.3, 0.4) is 0 Å². The van der Waals surface area contributed by atoms with Gasteiger partial charge in [-0.3, -0.25) is 0 Å². The Hall–Kier alpha value is -1.06. The molecule has 0 saturated heterocycles. The van der Waals surface area contributed by atoms with Gasteiger partial charge in [0, 0.05) is 13.1 Å². The number of rotatable bonds is 6. The Kier molecular flexibility index (Phi) is 5.67. The number of nitrogens with one attached hydrogen (secondary N) is 2. The lowest BCUT2D eigenvalue weighted by molar-refractivity contribution is 0.958. The molecule has 0 atom stereocenters. The Bertz CT molecular complexity index is 447. The van der Waals surface area contributed by atoms with Gasteiger partial charge in [0.1, 0.15) is 0 Å². The molecule has 0 radical (unpaired) electrons. The predicted molar refractivity (Wildman–Crippen MR) is 81.1 cm³/mol. The molecule has 0 aliphatic rings. The van der Waals surface area contributed by atoms with Crippen LogP contribution in [0, 0.1) is 0 Å². The zero-order valence-corrected chi connectivity index (χ0v) is 12.0. The van der Waals surface area contributed by atoms with Crippen LogP contribution in [0.5, 0.6) is 0 Å². The fourth-order valence-electron chi connectivity index (χ4n) is 1.94. The fourth-order valence-corrected chi connectivity index (χ4v) is 2.25. The standard InChI is InChI=1S/C15H16Cl2N2/c16-18-10-14-5-1-12(2-6-14)9-13-3-7-15(8-4-13)11-19-17/h1-8,18-19H,9-11H2. The molecule has 2 N–H and O–H groups in total. The van der Waals surface area contributed by atoms with Gasteiger partial charge in [0.05, 0.1) is 0 Å². The van der Waals surface area contributed by atoms with E-state index in [1.807, 2.05) is 0 Å². The van der Waals surface area contributed by atoms with E-state index in [-0.39, 0.29) is 0 Å². The fraction of sp³-hybridized carbons (Fsp3) is 0.200. The van der Waals surface area contributed by atoms with Crippen LogP contribution in [0.25, 0.3) is 0 Å². The second kappa shape index (κ2) is 7.51. The highest BCUT2D eigenvalue weighted by Crippen LogP contribution is 2.12. The van der Waals surface area contributed by atoms with Crippen LogP contribution in [0.1, 0.15) is 22.3 Å². The number of hydrogen-bond donors (Lipinski definition) is 2. The summed E-state index contributed by atoms with van der Waals surface area (Å²) in [5.74, 6) is 0. The summed E-state index contributed by atoms with van der Waals surface area (Å²) in [7, 11) is 0. The van der Waals surface area contributed by atoms with E-state index in [2.05, 4.69) is 58.2 Å². The summed E-state index contributed by atoms with van der Waals surface area (Å²) in [4.78, 5) is 5.25. The first-order valence-electron chi connectivity index (χ1n) is 6.14. The minimum absolute atomic E-state index is 0.682. The Morgan fingerprint density at radius 2 is 0.895 bits per heavy atom. The molecule has 2 aromatic carbocycles. The van der Waals surface area contributed by atoms with Crippen LogP contribution in [-0.4, -0.2) is 0 Å². The first kappa shape index (κ1) is 14.4. The van der Waals surface area contributed by atoms with E-state index in [1.54, 1.807) is 0 Å². The van der Waals surface area contributed by atoms with E-state index < -0.39 is 0 Å². The molecule has 2 aromatic rings. The smallest absolute Gasteiger partial charge is 0.0359 e. The van der Waals surface area contributed by atoms with Crippen molar-refractivity contribution >= 4 is 23.6 Å². The Labute approximate surface area is 124 Å². The van der Waals surface area contributed by atoms with Gasteiger partial charge in [-0.25, -0.2) is 9.67 Å². The molecule has 0 bridgehead atoms. The van der Waals surface area contributed by atoms with E-state index in [0.29, 0.717) is 13.1 Å². The van der Waals surface area contributed by atoms with Gasteiger partial charge in [-0.15, -0.1) is 0 Å². The van der Waals surface area contributed by atoms with Gasteiger partial charge in [0.15, 0.2) is 0 Å². The molecule has 100 valence electrons. The predicted octanol–water partition coefficient (Wildman–Crippen LogP) is 3.76. The summed E-state index contributed by atoms with van der Waals surface area (Å²) in [6, 6.07) is 16.9. The average molecular weight is 295 g/mol. The zero-order valence-electron chi connectivity index (χ0n) is 10.5. The quantitative estimate of drug-likeness (QED) is 0.793. The summed E-state index contributed by atoms with van der Waals surface area (Å²) in [6.07, 6.45) is 0.934. The van der Waals surface area contributed by atoms with Crippen LogP contribution < -0.4 is 9.67 Å². The van der Waals surface area contributed by atoms with Crippen molar-refractivity contribution in [3.63, 3.8) is 0 Å². The van der Waals surface area contributed by atoms with Gasteiger partial charge in [0.25, 0.3) is 0 Å². The highest BCUT2D eigenvalue weighted by Gasteiger charge is 1.98. The van der Waals surface area contributed by atoms with Crippen molar-refractivity contribution in [1.82, 2.24) is 9.67 Å². The molecule has 0 unspecified atom stereocenters. The SMILES string of the molecule is ClNCc1ccc(Cc2ccc(CNCl)cc2)cc1. The number of halogens is 2. The van der Waals surface area contributed by atoms with Crippen LogP contribution in [0.4, 0.5) is 0 Å². The van der Waals surface area contributed by atoms with Gasteiger partial charge < -0.3 is 0 Å². The van der Waals surface area contributed by atoms with Crippen molar-refractivity contribution in [3.05, 3.63) is 70.8 Å². The molecule has 0 spiro atoms. The van der Waals surface area contributed by atoms with E-state index in [1.165, 1.54) is 22.3 Å². The van der Waals surface area contributed by atoms with Gasteiger partial charge in [-0.2, -0.15) is 0 Å². The molecular weight excluding hydrogens is 279 g/mol. The molecule has 0 aliphatic carbocycles. The Morgan fingerprint density at radius 1 is 0.579 bits per heavy atom. The number of benzene rings is 2. The summed E-state index contributed by atoms with van der Waals surface area (Å²) in [5.41, 5.74) is 4.95. The lowest BCUT2D eigenvalue weighted by Crippen LogP contribution is -1.99. The second-order valence-electron chi connectivity index (χ2n) is 4.43. The third-order valence-electron chi connectivity index (χ3n) is 3.00. The maximum absolute atomic E-state index is 5.48. The van der Waals surface area contributed by atoms with Crippen molar-refractivity contribution in [2.75, 3.05) is 0 Å². The van der Waals surface area contributed by atoms with Crippen LogP contribution >= 0.6 is 23.6 Å². The molecule has 0 amide bonds. The van der Waals surface area contributed by atoms with E-state index >= 15 is 0 Å². The third-order valence-corrected chi connectivity index (χ3v) is 3.26. The molecule has 0 aliphatic heterocycles. The first-order chi connectivity index (χ1) is 9.31. The summed E-state index contributed by atoms with van der Waals surface area (Å²) in [6.45, 7) is 1.36. The second-order valence-corrected chi connectivity index (χ2v) is 4.97. The monoisotopic (exact) mass is 294 g/mol. The highest BCUT2D eigenvalue weighted by molar-refractivity contribution is 6.13. The van der Waals surface area contributed by atoms with E-state index in [4.69, 9.17) is 23.6 Å². The minimum Gasteiger partial charge on any atom is -0.229 e. The van der Waals surface area contributed by atoms with Gasteiger partial charge in [-0.1, -0.05) is 48.5 Å². The molecule has 4 heteroatoms. The maximum atomic E-state index is 5.48. The minimum atomic E-state index is 0.682. The molecule has 0 saturated carbocycles. The van der Waals surface area contributed by atoms with Gasteiger partial charge in [0.2, 0.25) is 0 Å². The Balaban J connectivity index is 1.99. The van der Waals surface area contributed by atoms with Crippen LogP contribution in [-0.2, 0) is 19.5 Å². The van der Waals surface area contributed by atoms with Crippen molar-refractivity contribution in [1.29, 1.82) is 0 Å². The molecule has 0 heterocycles. The Morgan fingerprint density at radius 3 is 1.21 bits per heavy atom. The van der Waals surface area contributed by atoms with Crippen LogP contribution in [0.2, 0.25) is 0 Å². The van der Waals surface area contributed by atoms with Gasteiger partial charge >= 0.3 is 0 Å². The normalized spacial score (nSPS) is 10.6. The van der Waals surface area contributed by atoms with Crippen molar-refractivity contribution < 1.29 is 0 Å². The van der Waals surface area contributed by atoms with Crippen LogP contribution in [0.15, 0.2) is 48.5 Å². The van der Waals surface area contributed by atoms with Crippen molar-refractivity contribution in [3.8, 4) is 0 Å². The number of hydrogen-bond acceptors (Lipinski definition) is 2. The van der Waals surface area contributed by atoms with E-state index in [0.717, 1.165) is 6.42 Å². The molecule has 0 fully saturated rings. The molecular formula is C15H16Cl2N2. The largest absolute Gasteiger partial charge is 0.229 e. The summed E-state index contributed by atoms with van der Waals surface area (Å²) < 4.78 is 0. The molecule has 19 heavy (non-hydrogen) atoms. The lowest BCUT2D eigenvalue weighted by atomic mass is 10.0. The highest BCUT2D eigenvalue weighted by atomic mass is 35.5. The molecule has 0 aromatic heterocycles. The van der Waals surface area contributed by atoms with Crippen molar-refractivity contribution in [2.45, 2.75) is 19.5 Å². The molecule has 2 rings (SSSR count). The van der Waals surface area contributed by atoms with E-state index in [9.17, 15) is 0 Å². The first-order valence-corrected chi connectivity index (χ1v) is 6.90. The van der Waals surface area contributed by atoms with Gasteiger partial charge in [-0.05, 0) is 52.2 Å².